The van der Waals surface area contributed by atoms with Gasteiger partial charge in [-0.25, -0.2) is 4.79 Å². The van der Waals surface area contributed by atoms with Crippen molar-refractivity contribution in [3.05, 3.63) is 95.6 Å². The Morgan fingerprint density at radius 3 is 2.12 bits per heavy atom. The minimum absolute atomic E-state index is 0.139. The van der Waals surface area contributed by atoms with Gasteiger partial charge in [0.05, 0.1) is 12.8 Å². The number of hydrogen-bond donors (Lipinski definition) is 1. The lowest BCUT2D eigenvalue weighted by Crippen LogP contribution is -2.35. The number of rotatable bonds is 10. The molecule has 0 bridgehead atoms. The SMILES string of the molecule is COc1ccccc1N[C@H](CC(=O)c1ccccc1)C(=O)OCC(=O)c1ccc(C)cc1. The normalized spacial score (nSPS) is 11.3. The predicted octanol–water partition coefficient (Wildman–Crippen LogP) is 4.48. The summed E-state index contributed by atoms with van der Waals surface area (Å²) in [5, 5.41) is 3.04. The number of anilines is 1. The first-order chi connectivity index (χ1) is 15.5. The van der Waals surface area contributed by atoms with E-state index < -0.39 is 18.6 Å². The second kappa shape index (κ2) is 10.9. The van der Waals surface area contributed by atoms with Crippen molar-refractivity contribution in [2.75, 3.05) is 19.0 Å². The first-order valence-corrected chi connectivity index (χ1v) is 10.2. The van der Waals surface area contributed by atoms with Gasteiger partial charge in [0.2, 0.25) is 0 Å². The van der Waals surface area contributed by atoms with Crippen LogP contribution in [0.3, 0.4) is 0 Å². The molecule has 0 aliphatic carbocycles. The number of carbonyl (C=O) groups excluding carboxylic acids is 3. The van der Waals surface area contributed by atoms with Crippen molar-refractivity contribution >= 4 is 23.2 Å². The summed E-state index contributed by atoms with van der Waals surface area (Å²) >= 11 is 0. The lowest BCUT2D eigenvalue weighted by molar-refractivity contribution is -0.143. The van der Waals surface area contributed by atoms with Gasteiger partial charge in [-0.15, -0.1) is 0 Å². The minimum Gasteiger partial charge on any atom is -0.495 e. The van der Waals surface area contributed by atoms with E-state index in [0.717, 1.165) is 5.56 Å². The van der Waals surface area contributed by atoms with Gasteiger partial charge in [-0.1, -0.05) is 72.3 Å². The summed E-state index contributed by atoms with van der Waals surface area (Å²) in [4.78, 5) is 38.0. The van der Waals surface area contributed by atoms with Crippen LogP contribution in [0, 0.1) is 6.92 Å². The third kappa shape index (κ3) is 6.04. The molecule has 32 heavy (non-hydrogen) atoms. The molecular formula is C26H25NO5. The van der Waals surface area contributed by atoms with Crippen LogP contribution in [-0.2, 0) is 9.53 Å². The molecule has 0 amide bonds. The van der Waals surface area contributed by atoms with Crippen LogP contribution in [0.25, 0.3) is 0 Å². The van der Waals surface area contributed by atoms with Crippen molar-refractivity contribution in [1.82, 2.24) is 0 Å². The van der Waals surface area contributed by atoms with Crippen molar-refractivity contribution in [3.63, 3.8) is 0 Å². The number of ether oxygens (including phenoxy) is 2. The Hall–Kier alpha value is -3.93. The molecule has 3 aromatic carbocycles. The molecule has 0 spiro atoms. The van der Waals surface area contributed by atoms with Crippen LogP contribution in [0.15, 0.2) is 78.9 Å². The van der Waals surface area contributed by atoms with Crippen molar-refractivity contribution < 1.29 is 23.9 Å². The Morgan fingerprint density at radius 1 is 0.812 bits per heavy atom. The smallest absolute Gasteiger partial charge is 0.329 e. The van der Waals surface area contributed by atoms with Crippen LogP contribution in [0.1, 0.15) is 32.7 Å². The van der Waals surface area contributed by atoms with E-state index in [1.165, 1.54) is 7.11 Å². The largest absolute Gasteiger partial charge is 0.495 e. The summed E-state index contributed by atoms with van der Waals surface area (Å²) in [6, 6.07) is 21.8. The molecule has 0 saturated carbocycles. The average molecular weight is 431 g/mol. The molecule has 0 fully saturated rings. The number of para-hydroxylation sites is 2. The summed E-state index contributed by atoms with van der Waals surface area (Å²) in [6.07, 6.45) is -0.139. The van der Waals surface area contributed by atoms with Gasteiger partial charge in [-0.05, 0) is 19.1 Å². The number of benzene rings is 3. The molecule has 0 aromatic heterocycles. The number of aryl methyl sites for hydroxylation is 1. The highest BCUT2D eigenvalue weighted by Gasteiger charge is 2.26. The maximum atomic E-state index is 12.9. The van der Waals surface area contributed by atoms with Crippen molar-refractivity contribution in [3.8, 4) is 5.75 Å². The summed E-state index contributed by atoms with van der Waals surface area (Å²) in [7, 11) is 1.52. The van der Waals surface area contributed by atoms with Crippen LogP contribution in [0.4, 0.5) is 5.69 Å². The van der Waals surface area contributed by atoms with Gasteiger partial charge < -0.3 is 14.8 Å². The van der Waals surface area contributed by atoms with Crippen LogP contribution < -0.4 is 10.1 Å². The van der Waals surface area contributed by atoms with Gasteiger partial charge in [0.1, 0.15) is 11.8 Å². The zero-order chi connectivity index (χ0) is 22.9. The van der Waals surface area contributed by atoms with Crippen molar-refractivity contribution in [2.45, 2.75) is 19.4 Å². The summed E-state index contributed by atoms with van der Waals surface area (Å²) in [5.74, 6) is -0.711. The maximum absolute atomic E-state index is 12.9. The van der Waals surface area contributed by atoms with Gasteiger partial charge in [-0.2, -0.15) is 0 Å². The van der Waals surface area contributed by atoms with Crippen LogP contribution in [-0.4, -0.2) is 37.3 Å². The monoisotopic (exact) mass is 431 g/mol. The Bertz CT molecular complexity index is 1080. The van der Waals surface area contributed by atoms with Gasteiger partial charge in [0.25, 0.3) is 0 Å². The molecular weight excluding hydrogens is 406 g/mol. The number of carbonyl (C=O) groups is 3. The number of hydrogen-bond acceptors (Lipinski definition) is 6. The maximum Gasteiger partial charge on any atom is 0.329 e. The number of methoxy groups -OCH3 is 1. The van der Waals surface area contributed by atoms with E-state index >= 15 is 0 Å². The topological polar surface area (TPSA) is 81.7 Å². The molecule has 0 unspecified atom stereocenters. The van der Waals surface area contributed by atoms with E-state index in [1.54, 1.807) is 60.7 Å². The number of nitrogens with one attached hydrogen (secondary N) is 1. The van der Waals surface area contributed by atoms with E-state index in [1.807, 2.05) is 25.1 Å². The first-order valence-electron chi connectivity index (χ1n) is 10.2. The molecule has 6 heteroatoms. The Balaban J connectivity index is 1.74. The summed E-state index contributed by atoms with van der Waals surface area (Å²) < 4.78 is 10.6. The van der Waals surface area contributed by atoms with E-state index in [2.05, 4.69) is 5.32 Å². The predicted molar refractivity (Wildman–Crippen MR) is 122 cm³/mol. The molecule has 164 valence electrons. The number of ketones is 2. The fraction of sp³-hybridized carbons (Fsp3) is 0.192. The highest BCUT2D eigenvalue weighted by atomic mass is 16.5. The summed E-state index contributed by atoms with van der Waals surface area (Å²) in [6.45, 7) is 1.51. The second-order valence-electron chi connectivity index (χ2n) is 7.29. The molecule has 0 radical (unpaired) electrons. The van der Waals surface area contributed by atoms with Crippen LogP contribution >= 0.6 is 0 Å². The van der Waals surface area contributed by atoms with E-state index in [4.69, 9.17) is 9.47 Å². The standard InChI is InChI=1S/C26H25NO5/c1-18-12-14-20(15-13-18)24(29)17-32-26(30)22(16-23(28)19-8-4-3-5-9-19)27-21-10-6-7-11-25(21)31-2/h3-15,22,27H,16-17H2,1-2H3/t22-/m1/s1. The van der Waals surface area contributed by atoms with Crippen LogP contribution in [0.2, 0.25) is 0 Å². The molecule has 1 N–H and O–H groups in total. The lowest BCUT2D eigenvalue weighted by Gasteiger charge is -2.19. The molecule has 3 aromatic rings. The lowest BCUT2D eigenvalue weighted by atomic mass is 10.0. The minimum atomic E-state index is -0.996. The fourth-order valence-electron chi connectivity index (χ4n) is 3.13. The quantitative estimate of drug-likeness (QED) is 0.376. The molecule has 0 aliphatic rings. The van der Waals surface area contributed by atoms with Crippen LogP contribution in [0.5, 0.6) is 5.75 Å². The van der Waals surface area contributed by atoms with Gasteiger partial charge >= 0.3 is 5.97 Å². The Kier molecular flexibility index (Phi) is 7.75. The van der Waals surface area contributed by atoms with Crippen molar-refractivity contribution in [2.24, 2.45) is 0 Å². The molecule has 3 rings (SSSR count). The zero-order valence-corrected chi connectivity index (χ0v) is 18.0. The average Bonchev–Trinajstić information content (AvgIpc) is 2.83. The van der Waals surface area contributed by atoms with E-state index in [-0.39, 0.29) is 18.0 Å². The number of Topliss-reactive ketones (excluding diaryl/α,β-unsaturated/α-hetero) is 2. The van der Waals surface area contributed by atoms with E-state index in [9.17, 15) is 14.4 Å². The van der Waals surface area contributed by atoms with Gasteiger partial charge in [-0.3, -0.25) is 9.59 Å². The van der Waals surface area contributed by atoms with Gasteiger partial charge in [0, 0.05) is 17.5 Å². The second-order valence-corrected chi connectivity index (χ2v) is 7.29. The molecule has 0 saturated heterocycles. The molecule has 0 aliphatic heterocycles. The van der Waals surface area contributed by atoms with Gasteiger partial charge in [0.15, 0.2) is 18.2 Å². The fourth-order valence-corrected chi connectivity index (χ4v) is 3.13. The highest BCUT2D eigenvalue weighted by molar-refractivity contribution is 6.01. The summed E-state index contributed by atoms with van der Waals surface area (Å²) in [5.41, 5.74) is 2.52. The zero-order valence-electron chi connectivity index (χ0n) is 18.0. The molecule has 6 nitrogen and oxygen atoms in total. The van der Waals surface area contributed by atoms with Crippen molar-refractivity contribution in [1.29, 1.82) is 0 Å². The Morgan fingerprint density at radius 2 is 1.44 bits per heavy atom. The first kappa shape index (κ1) is 22.7. The van der Waals surface area contributed by atoms with E-state index in [0.29, 0.717) is 22.6 Å². The third-order valence-electron chi connectivity index (χ3n) is 4.93. The third-order valence-corrected chi connectivity index (χ3v) is 4.93. The Labute approximate surface area is 187 Å². The number of esters is 1. The molecule has 0 heterocycles. The molecule has 1 atom stereocenters. The highest BCUT2D eigenvalue weighted by Crippen LogP contribution is 2.25.